The SMILES string of the molecule is Cc1cc2c(-c3ccc(C(C)(C)C)cc3)cccc2[cH-]1.Cc1cc2c(-c3ccc(C(C)(C)C)cc3)cccc2[cH-]1.[CH2-]C[CH2-].[Cl-].[Cl-].[Hf]. The first-order chi connectivity index (χ1) is 20.3. The minimum Gasteiger partial charge on any atom is -1.00 e. The maximum Gasteiger partial charge on any atom is 0 e. The second-order valence-electron chi connectivity index (χ2n) is 13.7. The standard InChI is InChI=1S/2C20H21.C3H6.2ClH.Hf/c2*1-14-12-16-6-5-7-18(19(16)13-14)15-8-10-17(11-9-15)20(2,3)4;1-3-2;;;/h2*5-13H,1-4H3;1-3H2;2*1H;/q2*-1;-2;;;/p-2. The molecule has 6 rings (SSSR count). The van der Waals surface area contributed by atoms with Crippen LogP contribution < -0.4 is 24.8 Å². The van der Waals surface area contributed by atoms with Gasteiger partial charge in [-0.2, -0.15) is 12.1 Å². The van der Waals surface area contributed by atoms with Crippen molar-refractivity contribution in [1.29, 1.82) is 0 Å². The molecule has 0 N–H and O–H groups in total. The van der Waals surface area contributed by atoms with Crippen LogP contribution in [-0.4, -0.2) is 0 Å². The van der Waals surface area contributed by atoms with Crippen molar-refractivity contribution in [1.82, 2.24) is 0 Å². The van der Waals surface area contributed by atoms with Crippen LogP contribution in [0.3, 0.4) is 0 Å². The Kier molecular flexibility index (Phi) is 15.9. The normalized spacial score (nSPS) is 10.8. The van der Waals surface area contributed by atoms with Crippen LogP contribution in [0.4, 0.5) is 0 Å². The largest absolute Gasteiger partial charge is 1.00 e. The van der Waals surface area contributed by atoms with Crippen LogP contribution in [0.15, 0.2) is 109 Å². The van der Waals surface area contributed by atoms with Crippen LogP contribution in [-0.2, 0) is 36.7 Å². The van der Waals surface area contributed by atoms with Crippen molar-refractivity contribution in [3.05, 3.63) is 145 Å². The number of hydrogen-bond acceptors (Lipinski definition) is 0. The fraction of sp³-hybridized carbons (Fsp3) is 0.256. The second-order valence-corrected chi connectivity index (χ2v) is 13.7. The third kappa shape index (κ3) is 10.3. The van der Waals surface area contributed by atoms with E-state index in [1.807, 2.05) is 0 Å². The molecule has 0 saturated heterocycles. The van der Waals surface area contributed by atoms with Crippen LogP contribution >= 0.6 is 0 Å². The van der Waals surface area contributed by atoms with Crippen molar-refractivity contribution in [3.63, 3.8) is 0 Å². The summed E-state index contributed by atoms with van der Waals surface area (Å²) < 4.78 is 0. The molecule has 0 saturated carbocycles. The molecule has 0 fully saturated rings. The third-order valence-electron chi connectivity index (χ3n) is 7.91. The molecule has 0 spiro atoms. The zero-order valence-electron chi connectivity index (χ0n) is 28.8. The molecule has 0 radical (unpaired) electrons. The zero-order valence-corrected chi connectivity index (χ0v) is 33.9. The molecule has 3 heteroatoms. The molecule has 0 bridgehead atoms. The van der Waals surface area contributed by atoms with E-state index < -0.39 is 0 Å². The molecule has 6 aromatic rings. The van der Waals surface area contributed by atoms with Gasteiger partial charge in [0.2, 0.25) is 0 Å². The Morgan fingerprint density at radius 1 is 0.522 bits per heavy atom. The molecule has 46 heavy (non-hydrogen) atoms. The van der Waals surface area contributed by atoms with Gasteiger partial charge in [0.15, 0.2) is 0 Å². The van der Waals surface area contributed by atoms with E-state index in [0.29, 0.717) is 0 Å². The van der Waals surface area contributed by atoms with Gasteiger partial charge in [0.1, 0.15) is 0 Å². The van der Waals surface area contributed by atoms with Crippen LogP contribution in [0.25, 0.3) is 43.8 Å². The monoisotopic (exact) mass is 814 g/mol. The molecule has 0 atom stereocenters. The summed E-state index contributed by atoms with van der Waals surface area (Å²) in [6.07, 6.45) is 0.750. The van der Waals surface area contributed by atoms with E-state index in [9.17, 15) is 0 Å². The first-order valence-electron chi connectivity index (χ1n) is 15.4. The minimum atomic E-state index is 0. The summed E-state index contributed by atoms with van der Waals surface area (Å²) in [4.78, 5) is 0. The molecule has 0 heterocycles. The molecule has 0 aliphatic heterocycles. The Balaban J connectivity index is 0.000000400. The zero-order chi connectivity index (χ0) is 31.4. The van der Waals surface area contributed by atoms with E-state index in [1.165, 1.54) is 66.1 Å². The van der Waals surface area contributed by atoms with Gasteiger partial charge in [-0.05, 0) is 33.1 Å². The summed E-state index contributed by atoms with van der Waals surface area (Å²) in [7, 11) is 0. The van der Waals surface area contributed by atoms with Gasteiger partial charge in [0.05, 0.1) is 0 Å². The second kappa shape index (κ2) is 17.6. The first kappa shape index (κ1) is 41.6. The quantitative estimate of drug-likeness (QED) is 0.135. The Labute approximate surface area is 310 Å². The topological polar surface area (TPSA) is 0 Å². The number of benzene rings is 4. The van der Waals surface area contributed by atoms with Crippen LogP contribution in [0.2, 0.25) is 0 Å². The van der Waals surface area contributed by atoms with Gasteiger partial charge in [-0.1, -0.05) is 127 Å². The van der Waals surface area contributed by atoms with E-state index in [2.05, 4.69) is 178 Å². The maximum absolute atomic E-state index is 3.38. The summed E-state index contributed by atoms with van der Waals surface area (Å²) in [5.74, 6) is 0. The molecule has 0 unspecified atom stereocenters. The number of halogens is 2. The van der Waals surface area contributed by atoms with Crippen molar-refractivity contribution >= 4 is 21.5 Å². The molecule has 0 nitrogen and oxygen atoms in total. The van der Waals surface area contributed by atoms with E-state index in [0.717, 1.165) is 6.42 Å². The molecular formula is C43H48Cl2Hf-6. The van der Waals surface area contributed by atoms with Gasteiger partial charge in [0.25, 0.3) is 0 Å². The van der Waals surface area contributed by atoms with Gasteiger partial charge >= 0.3 is 0 Å². The molecule has 0 aliphatic carbocycles. The molecule has 0 amide bonds. The van der Waals surface area contributed by atoms with Crippen molar-refractivity contribution < 1.29 is 50.7 Å². The summed E-state index contributed by atoms with van der Waals surface area (Å²) in [6, 6.07) is 40.2. The molecular weight excluding hydrogens is 766 g/mol. The van der Waals surface area contributed by atoms with Crippen molar-refractivity contribution in [3.8, 4) is 22.3 Å². The predicted molar refractivity (Wildman–Crippen MR) is 192 cm³/mol. The van der Waals surface area contributed by atoms with Crippen LogP contribution in [0.1, 0.15) is 70.2 Å². The smallest absolute Gasteiger partial charge is 0 e. The van der Waals surface area contributed by atoms with Gasteiger partial charge in [-0.3, -0.25) is 0 Å². The molecule has 0 aliphatic rings. The molecule has 244 valence electrons. The fourth-order valence-corrected chi connectivity index (χ4v) is 5.57. The fourth-order valence-electron chi connectivity index (χ4n) is 5.57. The van der Waals surface area contributed by atoms with Crippen LogP contribution in [0, 0.1) is 27.7 Å². The Morgan fingerprint density at radius 2 is 0.826 bits per heavy atom. The summed E-state index contributed by atoms with van der Waals surface area (Å²) >= 11 is 0. The van der Waals surface area contributed by atoms with E-state index in [-0.39, 0.29) is 61.5 Å². The number of fused-ring (bicyclic) bond motifs is 2. The first-order valence-corrected chi connectivity index (χ1v) is 15.4. The predicted octanol–water partition coefficient (Wildman–Crippen LogP) is 6.71. The van der Waals surface area contributed by atoms with Gasteiger partial charge in [0, 0.05) is 25.8 Å². The van der Waals surface area contributed by atoms with Crippen molar-refractivity contribution in [2.45, 2.75) is 72.6 Å². The van der Waals surface area contributed by atoms with Crippen molar-refractivity contribution in [2.75, 3.05) is 0 Å². The Morgan fingerprint density at radius 3 is 1.11 bits per heavy atom. The van der Waals surface area contributed by atoms with Crippen molar-refractivity contribution in [2.24, 2.45) is 0 Å². The van der Waals surface area contributed by atoms with E-state index >= 15 is 0 Å². The molecule has 0 aromatic heterocycles. The van der Waals surface area contributed by atoms with Crippen LogP contribution in [0.5, 0.6) is 0 Å². The molecule has 6 aromatic carbocycles. The number of rotatable bonds is 2. The average Bonchev–Trinajstić information content (AvgIpc) is 3.53. The average molecular weight is 814 g/mol. The van der Waals surface area contributed by atoms with E-state index in [4.69, 9.17) is 0 Å². The Hall–Kier alpha value is -2.45. The third-order valence-corrected chi connectivity index (χ3v) is 7.91. The maximum atomic E-state index is 3.38. The number of aryl methyl sites for hydroxylation is 2. The minimum absolute atomic E-state index is 0. The van der Waals surface area contributed by atoms with Gasteiger partial charge in [-0.15, -0.1) is 69.1 Å². The van der Waals surface area contributed by atoms with Gasteiger partial charge in [-0.25, -0.2) is 0 Å². The summed E-state index contributed by atoms with van der Waals surface area (Å²) in [6.45, 7) is 24.6. The summed E-state index contributed by atoms with van der Waals surface area (Å²) in [5, 5.41) is 5.38. The summed E-state index contributed by atoms with van der Waals surface area (Å²) in [5.41, 5.74) is 11.1. The van der Waals surface area contributed by atoms with E-state index in [1.54, 1.807) is 0 Å². The van der Waals surface area contributed by atoms with Gasteiger partial charge < -0.3 is 45.1 Å². The number of hydrogen-bond donors (Lipinski definition) is 0. The Bertz CT molecular complexity index is 1640.